The van der Waals surface area contributed by atoms with Gasteiger partial charge in [-0.05, 0) is 25.3 Å². The van der Waals surface area contributed by atoms with Gasteiger partial charge in [0.15, 0.2) is 0 Å². The van der Waals surface area contributed by atoms with Crippen molar-refractivity contribution in [3.8, 4) is 0 Å². The first kappa shape index (κ1) is 17.9. The van der Waals surface area contributed by atoms with Gasteiger partial charge < -0.3 is 0 Å². The van der Waals surface area contributed by atoms with Crippen LogP contribution in [0.3, 0.4) is 0 Å². The van der Waals surface area contributed by atoms with E-state index >= 15 is 0 Å². The molecule has 3 aromatic carbocycles. The number of aryl methyl sites for hydroxylation is 2. The molecule has 3 rings (SSSR count). The zero-order valence-corrected chi connectivity index (χ0v) is 18.0. The Morgan fingerprint density at radius 3 is 1.72 bits per heavy atom. The quantitative estimate of drug-likeness (QED) is 0.542. The van der Waals surface area contributed by atoms with E-state index in [9.17, 15) is 0 Å². The van der Waals surface area contributed by atoms with E-state index in [0.717, 1.165) is 5.16 Å². The lowest BCUT2D eigenvalue weighted by Crippen LogP contribution is -2.29. The topological polar surface area (TPSA) is 0 Å². The van der Waals surface area contributed by atoms with Gasteiger partial charge in [0.05, 0.1) is 19.0 Å². The summed E-state index contributed by atoms with van der Waals surface area (Å²) >= 11 is 0. The van der Waals surface area contributed by atoms with Crippen molar-refractivity contribution in [3.63, 3.8) is 0 Å². The zero-order valence-electron chi connectivity index (χ0n) is 15.2. The van der Waals surface area contributed by atoms with Crippen LogP contribution < -0.4 is 10.4 Å². The van der Waals surface area contributed by atoms with Gasteiger partial charge in [-0.2, -0.15) is 0 Å². The van der Waals surface area contributed by atoms with Crippen LogP contribution >= 0.6 is 0 Å². The predicted octanol–water partition coefficient (Wildman–Crippen LogP) is 3.05. The Morgan fingerprint density at radius 1 is 0.680 bits per heavy atom. The Balaban J connectivity index is 1.60. The van der Waals surface area contributed by atoms with Gasteiger partial charge in [-0.15, -0.1) is 0 Å². The van der Waals surface area contributed by atoms with Crippen molar-refractivity contribution in [2.75, 3.05) is 0 Å². The van der Waals surface area contributed by atoms with Crippen molar-refractivity contribution in [1.29, 1.82) is 0 Å². The largest absolute Gasteiger partial charge is 0.0669 e. The SMILES string of the molecule is Cc1ccc(CCCC([SiH2]c2ccccc2)[SiH2]c2ccccc2)cc1. The van der Waals surface area contributed by atoms with Crippen LogP contribution in [0.5, 0.6) is 0 Å². The maximum atomic E-state index is 2.35. The van der Waals surface area contributed by atoms with Gasteiger partial charge in [-0.1, -0.05) is 112 Å². The van der Waals surface area contributed by atoms with E-state index in [1.807, 2.05) is 0 Å². The molecule has 0 aliphatic rings. The highest BCUT2D eigenvalue weighted by Crippen LogP contribution is 2.15. The Hall–Kier alpha value is -1.91. The molecule has 0 aromatic heterocycles. The molecule has 0 saturated carbocycles. The molecule has 0 saturated heterocycles. The van der Waals surface area contributed by atoms with Crippen molar-refractivity contribution in [1.82, 2.24) is 0 Å². The van der Waals surface area contributed by atoms with Gasteiger partial charge in [0.2, 0.25) is 0 Å². The van der Waals surface area contributed by atoms with Crippen LogP contribution in [0.2, 0.25) is 5.16 Å². The minimum atomic E-state index is -0.186. The first-order chi connectivity index (χ1) is 12.3. The molecule has 0 radical (unpaired) electrons. The lowest BCUT2D eigenvalue weighted by molar-refractivity contribution is 0.768. The molecular weight excluding hydrogens is 332 g/mol. The number of hydrogen-bond donors (Lipinski definition) is 0. The maximum Gasteiger partial charge on any atom is 0.0550 e. The van der Waals surface area contributed by atoms with Gasteiger partial charge >= 0.3 is 0 Å². The second-order valence-corrected chi connectivity index (χ2v) is 13.0. The van der Waals surface area contributed by atoms with Gasteiger partial charge in [-0.3, -0.25) is 0 Å². The van der Waals surface area contributed by atoms with Crippen LogP contribution in [0.15, 0.2) is 84.9 Å². The smallest absolute Gasteiger partial charge is 0.0550 e. The maximum absolute atomic E-state index is 2.35. The molecule has 0 nitrogen and oxygen atoms in total. The Morgan fingerprint density at radius 2 is 1.20 bits per heavy atom. The van der Waals surface area contributed by atoms with Crippen molar-refractivity contribution in [2.45, 2.75) is 31.4 Å². The summed E-state index contributed by atoms with van der Waals surface area (Å²) in [4.78, 5) is 0. The van der Waals surface area contributed by atoms with E-state index in [-0.39, 0.29) is 19.0 Å². The number of benzene rings is 3. The van der Waals surface area contributed by atoms with E-state index in [1.54, 1.807) is 10.4 Å². The molecular formula is C23H28Si2. The molecule has 0 unspecified atom stereocenters. The summed E-state index contributed by atoms with van der Waals surface area (Å²) in [6, 6.07) is 31.6. The molecule has 3 aromatic rings. The zero-order chi connectivity index (χ0) is 17.3. The minimum absolute atomic E-state index is 0.186. The average Bonchev–Trinajstić information content (AvgIpc) is 2.65. The predicted molar refractivity (Wildman–Crippen MR) is 117 cm³/mol. The molecule has 0 aliphatic heterocycles. The van der Waals surface area contributed by atoms with E-state index < -0.39 is 0 Å². The van der Waals surface area contributed by atoms with Crippen LogP contribution in [0.1, 0.15) is 24.0 Å². The van der Waals surface area contributed by atoms with Crippen LogP contribution in [0, 0.1) is 6.92 Å². The molecule has 0 fully saturated rings. The van der Waals surface area contributed by atoms with Crippen LogP contribution in [0.4, 0.5) is 0 Å². The second-order valence-electron chi connectivity index (χ2n) is 7.12. The second kappa shape index (κ2) is 9.54. The Labute approximate surface area is 157 Å². The highest BCUT2D eigenvalue weighted by atomic mass is 28.3. The summed E-state index contributed by atoms with van der Waals surface area (Å²) in [6.45, 7) is 2.16. The Bertz CT molecular complexity index is 695. The minimum Gasteiger partial charge on any atom is -0.0669 e. The lowest BCUT2D eigenvalue weighted by atomic mass is 10.1. The molecule has 0 aliphatic carbocycles. The summed E-state index contributed by atoms with van der Waals surface area (Å²) in [5, 5.41) is 4.24. The first-order valence-electron chi connectivity index (χ1n) is 9.43. The summed E-state index contributed by atoms with van der Waals surface area (Å²) < 4.78 is 0. The Kier molecular flexibility index (Phi) is 6.83. The van der Waals surface area contributed by atoms with Gasteiger partial charge in [-0.25, -0.2) is 0 Å². The van der Waals surface area contributed by atoms with E-state index in [2.05, 4.69) is 91.9 Å². The van der Waals surface area contributed by atoms with Crippen LogP contribution in [-0.2, 0) is 6.42 Å². The summed E-state index contributed by atoms with van der Waals surface area (Å²) in [5.41, 5.74) is 2.85. The van der Waals surface area contributed by atoms with Crippen LogP contribution in [-0.4, -0.2) is 19.0 Å². The third-order valence-corrected chi connectivity index (χ3v) is 10.5. The fraction of sp³-hybridized carbons (Fsp3) is 0.217. The number of rotatable bonds is 8. The highest BCUT2D eigenvalue weighted by Gasteiger charge is 2.12. The fourth-order valence-corrected chi connectivity index (χ4v) is 9.51. The summed E-state index contributed by atoms with van der Waals surface area (Å²) in [6.07, 6.45) is 3.95. The molecule has 0 N–H and O–H groups in total. The third kappa shape index (κ3) is 6.15. The summed E-state index contributed by atoms with van der Waals surface area (Å²) in [7, 11) is -0.372. The lowest BCUT2D eigenvalue weighted by Gasteiger charge is -2.16. The molecule has 25 heavy (non-hydrogen) atoms. The molecule has 0 bridgehead atoms. The highest BCUT2D eigenvalue weighted by molar-refractivity contribution is 6.73. The molecule has 0 heterocycles. The fourth-order valence-electron chi connectivity index (χ4n) is 3.52. The van der Waals surface area contributed by atoms with E-state index in [1.165, 1.54) is 30.4 Å². The molecule has 0 atom stereocenters. The first-order valence-corrected chi connectivity index (χ1v) is 12.5. The van der Waals surface area contributed by atoms with Gasteiger partial charge in [0.25, 0.3) is 0 Å². The third-order valence-electron chi connectivity index (χ3n) is 4.93. The van der Waals surface area contributed by atoms with E-state index in [4.69, 9.17) is 0 Å². The van der Waals surface area contributed by atoms with Crippen molar-refractivity contribution in [3.05, 3.63) is 96.1 Å². The monoisotopic (exact) mass is 360 g/mol. The van der Waals surface area contributed by atoms with E-state index in [0.29, 0.717) is 0 Å². The van der Waals surface area contributed by atoms with Crippen molar-refractivity contribution >= 4 is 29.4 Å². The van der Waals surface area contributed by atoms with Gasteiger partial charge in [0, 0.05) is 0 Å². The summed E-state index contributed by atoms with van der Waals surface area (Å²) in [5.74, 6) is 0. The number of hydrogen-bond acceptors (Lipinski definition) is 0. The standard InChI is InChI=1S/C23H28Si2/c1-19-15-17-20(18-16-19)9-8-14-23(24-21-10-4-2-5-11-21)25-22-12-6-3-7-13-22/h2-7,10-13,15-18,23H,8-9,14,24-25H2,1H3. The molecule has 128 valence electrons. The van der Waals surface area contributed by atoms with Gasteiger partial charge in [0.1, 0.15) is 0 Å². The molecule has 0 spiro atoms. The van der Waals surface area contributed by atoms with Crippen LogP contribution in [0.25, 0.3) is 0 Å². The average molecular weight is 361 g/mol. The molecule has 0 amide bonds. The molecule has 2 heteroatoms. The van der Waals surface area contributed by atoms with Crippen molar-refractivity contribution in [2.24, 2.45) is 0 Å². The normalized spacial score (nSPS) is 13.0. The van der Waals surface area contributed by atoms with Crippen molar-refractivity contribution < 1.29 is 0 Å².